The number of benzene rings is 3. The molecule has 0 radical (unpaired) electrons. The molecule has 0 aliphatic carbocycles. The van der Waals surface area contributed by atoms with Gasteiger partial charge < -0.3 is 10.2 Å². The highest BCUT2D eigenvalue weighted by molar-refractivity contribution is 7.89. The Balaban J connectivity index is 1.67. The van der Waals surface area contributed by atoms with Crippen LogP contribution in [0.2, 0.25) is 15.1 Å². The van der Waals surface area contributed by atoms with Crippen LogP contribution in [0.15, 0.2) is 64.6 Å². The molecule has 0 saturated carbocycles. The molecule has 4 rings (SSSR count). The number of rotatable bonds is 8. The minimum Gasteiger partial charge on any atom is -0.494 e. The molecular weight excluding hydrogens is 541 g/mol. The van der Waals surface area contributed by atoms with Crippen LogP contribution in [0, 0.1) is 13.8 Å². The Morgan fingerprint density at radius 2 is 1.75 bits per heavy atom. The molecule has 36 heavy (non-hydrogen) atoms. The summed E-state index contributed by atoms with van der Waals surface area (Å²) in [6, 6.07) is 15.0. The number of hydrogen-bond donors (Lipinski definition) is 2. The quantitative estimate of drug-likeness (QED) is 0.315. The van der Waals surface area contributed by atoms with Crippen molar-refractivity contribution in [2.24, 2.45) is 5.10 Å². The van der Waals surface area contributed by atoms with Crippen molar-refractivity contribution < 1.29 is 13.2 Å². The molecule has 2 atom stereocenters. The van der Waals surface area contributed by atoms with Crippen molar-refractivity contribution in [3.8, 4) is 5.75 Å². The first kappa shape index (κ1) is 26.8. The van der Waals surface area contributed by atoms with Gasteiger partial charge in [0.05, 0.1) is 29.3 Å². The highest BCUT2D eigenvalue weighted by atomic mass is 35.5. The van der Waals surface area contributed by atoms with Crippen LogP contribution in [0.4, 0.5) is 0 Å². The maximum Gasteiger partial charge on any atom is 0.241 e. The van der Waals surface area contributed by atoms with Crippen LogP contribution in [-0.4, -0.2) is 20.7 Å². The molecule has 190 valence electrons. The van der Waals surface area contributed by atoms with E-state index in [1.54, 1.807) is 44.2 Å². The van der Waals surface area contributed by atoms with Gasteiger partial charge in [-0.3, -0.25) is 0 Å². The normalized spacial score (nSPS) is 16.4. The molecule has 6 nitrogen and oxygen atoms in total. The third kappa shape index (κ3) is 5.82. The number of hydrazone groups is 1. The number of hydrogen-bond acceptors (Lipinski definition) is 5. The Morgan fingerprint density at radius 3 is 2.42 bits per heavy atom. The van der Waals surface area contributed by atoms with Crippen molar-refractivity contribution >= 4 is 50.5 Å². The summed E-state index contributed by atoms with van der Waals surface area (Å²) in [5.74, 6) is 0.785. The van der Waals surface area contributed by atoms with Crippen LogP contribution < -0.4 is 14.9 Å². The number of nitrogens with zero attached hydrogens (tertiary/aromatic N) is 1. The van der Waals surface area contributed by atoms with E-state index in [1.165, 1.54) is 0 Å². The van der Waals surface area contributed by atoms with Crippen LogP contribution >= 0.6 is 34.8 Å². The van der Waals surface area contributed by atoms with Gasteiger partial charge in [-0.15, -0.1) is 0 Å². The second kappa shape index (κ2) is 11.0. The molecular formula is C26H26Cl3N3O3S. The van der Waals surface area contributed by atoms with Crippen LogP contribution in [0.25, 0.3) is 0 Å². The molecule has 0 fully saturated rings. The third-order valence-electron chi connectivity index (χ3n) is 6.00. The molecule has 0 aromatic heterocycles. The topological polar surface area (TPSA) is 79.8 Å². The predicted octanol–water partition coefficient (Wildman–Crippen LogP) is 6.77. The van der Waals surface area contributed by atoms with E-state index >= 15 is 0 Å². The SMILES string of the molecule is CCOc1ccc(C2CC(C(NS(=O)(=O)c3cc(C)c(Cl)cc3C)c3ccc(Cl)cc3Cl)=NN2)cc1. The van der Waals surface area contributed by atoms with Crippen molar-refractivity contribution in [3.05, 3.63) is 91.9 Å². The van der Waals surface area contributed by atoms with E-state index in [4.69, 9.17) is 39.5 Å². The van der Waals surface area contributed by atoms with E-state index in [9.17, 15) is 8.42 Å². The van der Waals surface area contributed by atoms with Gasteiger partial charge in [0.25, 0.3) is 0 Å². The molecule has 2 N–H and O–H groups in total. The highest BCUT2D eigenvalue weighted by Crippen LogP contribution is 2.34. The zero-order valence-corrected chi connectivity index (χ0v) is 23.1. The largest absolute Gasteiger partial charge is 0.494 e. The van der Waals surface area contributed by atoms with Crippen molar-refractivity contribution in [3.63, 3.8) is 0 Å². The summed E-state index contributed by atoms with van der Waals surface area (Å²) < 4.78 is 35.5. The van der Waals surface area contributed by atoms with E-state index in [0.29, 0.717) is 50.5 Å². The van der Waals surface area contributed by atoms with Gasteiger partial charge in [0.1, 0.15) is 5.75 Å². The molecule has 3 aromatic carbocycles. The average molecular weight is 567 g/mol. The maximum absolute atomic E-state index is 13.6. The van der Waals surface area contributed by atoms with E-state index in [2.05, 4.69) is 15.2 Å². The van der Waals surface area contributed by atoms with E-state index < -0.39 is 16.1 Å². The fraction of sp³-hybridized carbons (Fsp3) is 0.269. The van der Waals surface area contributed by atoms with Gasteiger partial charge in [-0.2, -0.15) is 9.82 Å². The van der Waals surface area contributed by atoms with Crippen molar-refractivity contribution in [1.29, 1.82) is 0 Å². The van der Waals surface area contributed by atoms with Gasteiger partial charge in [0.15, 0.2) is 0 Å². The standard InChI is InChI=1S/C26H26Cl3N3O3S/c1-4-35-19-8-5-17(6-9-19)23-14-24(31-30-23)26(20-10-7-18(27)13-22(20)29)32-36(33,34)25-12-15(2)21(28)11-16(25)3/h5-13,23,26,30,32H,4,14H2,1-3H3. The van der Waals surface area contributed by atoms with Gasteiger partial charge in [-0.25, -0.2) is 8.42 Å². The lowest BCUT2D eigenvalue weighted by Crippen LogP contribution is -2.34. The number of aryl methyl sites for hydroxylation is 2. The number of nitrogens with one attached hydrogen (secondary N) is 2. The summed E-state index contributed by atoms with van der Waals surface area (Å²) in [4.78, 5) is 0.147. The zero-order chi connectivity index (χ0) is 26.0. The molecule has 0 saturated heterocycles. The first-order valence-electron chi connectivity index (χ1n) is 11.4. The van der Waals surface area contributed by atoms with Crippen LogP contribution in [0.5, 0.6) is 5.75 Å². The summed E-state index contributed by atoms with van der Waals surface area (Å²) in [5, 5.41) is 5.82. The molecule has 0 spiro atoms. The minimum absolute atomic E-state index is 0.131. The van der Waals surface area contributed by atoms with E-state index in [1.807, 2.05) is 31.2 Å². The fourth-order valence-corrected chi connectivity index (χ4v) is 6.36. The Kier molecular flexibility index (Phi) is 8.17. The van der Waals surface area contributed by atoms with Gasteiger partial charge in [0.2, 0.25) is 10.0 Å². The summed E-state index contributed by atoms with van der Waals surface area (Å²) >= 11 is 18.8. The minimum atomic E-state index is -3.96. The second-order valence-electron chi connectivity index (χ2n) is 8.58. The molecule has 1 aliphatic heterocycles. The number of halogens is 3. The molecule has 0 amide bonds. The Bertz CT molecular complexity index is 1410. The summed E-state index contributed by atoms with van der Waals surface area (Å²) in [7, 11) is -3.96. The second-order valence-corrected chi connectivity index (χ2v) is 11.5. The third-order valence-corrected chi connectivity index (χ3v) is 8.53. The molecule has 1 heterocycles. The monoisotopic (exact) mass is 565 g/mol. The lowest BCUT2D eigenvalue weighted by Gasteiger charge is -2.22. The van der Waals surface area contributed by atoms with Crippen molar-refractivity contribution in [2.45, 2.75) is 44.2 Å². The maximum atomic E-state index is 13.6. The van der Waals surface area contributed by atoms with Gasteiger partial charge in [0, 0.05) is 21.5 Å². The smallest absolute Gasteiger partial charge is 0.241 e. The Hall–Kier alpha value is -2.29. The lowest BCUT2D eigenvalue weighted by molar-refractivity contribution is 0.340. The summed E-state index contributed by atoms with van der Waals surface area (Å²) in [5.41, 5.74) is 6.50. The van der Waals surface area contributed by atoms with Crippen LogP contribution in [0.3, 0.4) is 0 Å². The fourth-order valence-electron chi connectivity index (χ4n) is 4.11. The predicted molar refractivity (Wildman–Crippen MR) is 146 cm³/mol. The molecule has 0 bridgehead atoms. The van der Waals surface area contributed by atoms with Gasteiger partial charge in [-0.1, -0.05) is 53.0 Å². The first-order valence-corrected chi connectivity index (χ1v) is 14.0. The molecule has 3 aromatic rings. The van der Waals surface area contributed by atoms with Gasteiger partial charge >= 0.3 is 0 Å². The highest BCUT2D eigenvalue weighted by Gasteiger charge is 2.33. The van der Waals surface area contributed by atoms with Gasteiger partial charge in [-0.05, 0) is 79.4 Å². The zero-order valence-electron chi connectivity index (χ0n) is 20.0. The number of sulfonamides is 1. The first-order chi connectivity index (χ1) is 17.1. The van der Waals surface area contributed by atoms with E-state index in [-0.39, 0.29) is 10.9 Å². The van der Waals surface area contributed by atoms with E-state index in [0.717, 1.165) is 11.3 Å². The molecule has 10 heteroatoms. The molecule has 2 unspecified atom stereocenters. The lowest BCUT2D eigenvalue weighted by atomic mass is 9.96. The van der Waals surface area contributed by atoms with Crippen LogP contribution in [-0.2, 0) is 10.0 Å². The summed E-state index contributed by atoms with van der Waals surface area (Å²) in [6.07, 6.45) is 0.471. The summed E-state index contributed by atoms with van der Waals surface area (Å²) in [6.45, 7) is 5.99. The average Bonchev–Trinajstić information content (AvgIpc) is 3.31. The molecule has 1 aliphatic rings. The Morgan fingerprint density at radius 1 is 1.03 bits per heavy atom. The van der Waals surface area contributed by atoms with Crippen molar-refractivity contribution in [1.82, 2.24) is 10.1 Å². The Labute approximate surface area is 226 Å². The number of ether oxygens (including phenoxy) is 1. The van der Waals surface area contributed by atoms with Crippen LogP contribution in [0.1, 0.15) is 47.7 Å². The van der Waals surface area contributed by atoms with Crippen molar-refractivity contribution in [2.75, 3.05) is 6.61 Å².